The third-order valence-corrected chi connectivity index (χ3v) is 4.31. The molecule has 0 saturated heterocycles. The molecule has 0 radical (unpaired) electrons. The predicted octanol–water partition coefficient (Wildman–Crippen LogP) is 4.31. The minimum atomic E-state index is -0.00241. The van der Waals surface area contributed by atoms with Gasteiger partial charge >= 0.3 is 0 Å². The minimum Gasteiger partial charge on any atom is -0.320 e. The van der Waals surface area contributed by atoms with Crippen molar-refractivity contribution >= 4 is 0 Å². The van der Waals surface area contributed by atoms with E-state index in [9.17, 15) is 0 Å². The molecule has 0 bridgehead atoms. The maximum atomic E-state index is 6.48. The quantitative estimate of drug-likeness (QED) is 0.864. The summed E-state index contributed by atoms with van der Waals surface area (Å²) in [5, 5.41) is 0. The van der Waals surface area contributed by atoms with Crippen LogP contribution in [0.1, 0.15) is 53.5 Å². The van der Waals surface area contributed by atoms with Crippen LogP contribution in [0.4, 0.5) is 0 Å². The van der Waals surface area contributed by atoms with E-state index in [1.165, 1.54) is 41.5 Å². The summed E-state index contributed by atoms with van der Waals surface area (Å²) in [7, 11) is 0. The summed E-state index contributed by atoms with van der Waals surface area (Å²) in [5.41, 5.74) is 11.7. The average Bonchev–Trinajstić information content (AvgIpc) is 2.37. The van der Waals surface area contributed by atoms with Crippen molar-refractivity contribution in [3.05, 3.63) is 70.8 Å². The standard InChI is InChI=1S/C18H21N/c1-13-9-11-15(12-10-13)18(19)17-8-3-2-7-16(17)14-5-4-6-14/h2-3,7-12,14,18H,4-6,19H2,1H3. The van der Waals surface area contributed by atoms with Gasteiger partial charge in [0.15, 0.2) is 0 Å². The molecule has 0 amide bonds. The molecular weight excluding hydrogens is 230 g/mol. The minimum absolute atomic E-state index is 0.00241. The van der Waals surface area contributed by atoms with Gasteiger partial charge in [-0.25, -0.2) is 0 Å². The Balaban J connectivity index is 1.94. The maximum Gasteiger partial charge on any atom is 0.0554 e. The van der Waals surface area contributed by atoms with E-state index in [-0.39, 0.29) is 6.04 Å². The summed E-state index contributed by atoms with van der Waals surface area (Å²) in [6.45, 7) is 2.11. The summed E-state index contributed by atoms with van der Waals surface area (Å²) < 4.78 is 0. The Kier molecular flexibility index (Phi) is 3.39. The number of aryl methyl sites for hydroxylation is 1. The highest BCUT2D eigenvalue weighted by Crippen LogP contribution is 2.40. The molecule has 0 spiro atoms. The number of hydrogen-bond donors (Lipinski definition) is 1. The van der Waals surface area contributed by atoms with E-state index in [1.54, 1.807) is 0 Å². The fourth-order valence-electron chi connectivity index (χ4n) is 2.84. The summed E-state index contributed by atoms with van der Waals surface area (Å²) >= 11 is 0. The second-order valence-corrected chi connectivity index (χ2v) is 5.65. The van der Waals surface area contributed by atoms with E-state index < -0.39 is 0 Å². The van der Waals surface area contributed by atoms with Gasteiger partial charge in [-0.15, -0.1) is 0 Å². The van der Waals surface area contributed by atoms with Crippen LogP contribution in [0.15, 0.2) is 48.5 Å². The molecule has 1 nitrogen and oxygen atoms in total. The fourth-order valence-corrected chi connectivity index (χ4v) is 2.84. The van der Waals surface area contributed by atoms with Crippen LogP contribution < -0.4 is 5.73 Å². The molecule has 1 saturated carbocycles. The summed E-state index contributed by atoms with van der Waals surface area (Å²) in [5.74, 6) is 0.729. The van der Waals surface area contributed by atoms with Crippen molar-refractivity contribution in [2.45, 2.75) is 38.1 Å². The average molecular weight is 251 g/mol. The van der Waals surface area contributed by atoms with Crippen LogP contribution in [0.2, 0.25) is 0 Å². The molecule has 1 unspecified atom stereocenters. The smallest absolute Gasteiger partial charge is 0.0554 e. The first-order chi connectivity index (χ1) is 9.25. The lowest BCUT2D eigenvalue weighted by Crippen LogP contribution is -2.18. The second-order valence-electron chi connectivity index (χ2n) is 5.65. The molecular formula is C18H21N. The van der Waals surface area contributed by atoms with E-state index in [0.717, 1.165) is 5.92 Å². The van der Waals surface area contributed by atoms with E-state index in [0.29, 0.717) is 0 Å². The Morgan fingerprint density at radius 2 is 1.68 bits per heavy atom. The molecule has 0 aliphatic heterocycles. The lowest BCUT2D eigenvalue weighted by Gasteiger charge is -2.29. The van der Waals surface area contributed by atoms with Gasteiger partial charge in [0.25, 0.3) is 0 Å². The van der Waals surface area contributed by atoms with Crippen molar-refractivity contribution < 1.29 is 0 Å². The lowest BCUT2D eigenvalue weighted by atomic mass is 9.76. The number of hydrogen-bond acceptors (Lipinski definition) is 1. The van der Waals surface area contributed by atoms with Crippen LogP contribution in [0.3, 0.4) is 0 Å². The third kappa shape index (κ3) is 2.43. The lowest BCUT2D eigenvalue weighted by molar-refractivity contribution is 0.416. The zero-order valence-corrected chi connectivity index (χ0v) is 11.5. The second kappa shape index (κ2) is 5.18. The largest absolute Gasteiger partial charge is 0.320 e. The third-order valence-electron chi connectivity index (χ3n) is 4.31. The molecule has 1 aliphatic carbocycles. The van der Waals surface area contributed by atoms with Crippen molar-refractivity contribution in [1.29, 1.82) is 0 Å². The molecule has 19 heavy (non-hydrogen) atoms. The Morgan fingerprint density at radius 1 is 1.00 bits per heavy atom. The first-order valence-corrected chi connectivity index (χ1v) is 7.16. The van der Waals surface area contributed by atoms with Crippen molar-refractivity contribution in [1.82, 2.24) is 0 Å². The van der Waals surface area contributed by atoms with Crippen LogP contribution in [0, 0.1) is 6.92 Å². The van der Waals surface area contributed by atoms with Crippen LogP contribution >= 0.6 is 0 Å². The molecule has 1 heteroatoms. The van der Waals surface area contributed by atoms with Crippen molar-refractivity contribution in [2.75, 3.05) is 0 Å². The number of rotatable bonds is 3. The summed E-state index contributed by atoms with van der Waals surface area (Å²) in [4.78, 5) is 0. The van der Waals surface area contributed by atoms with Gasteiger partial charge in [0, 0.05) is 0 Å². The van der Waals surface area contributed by atoms with E-state index in [1.807, 2.05) is 0 Å². The predicted molar refractivity (Wildman–Crippen MR) is 80.2 cm³/mol. The monoisotopic (exact) mass is 251 g/mol. The van der Waals surface area contributed by atoms with Gasteiger partial charge in [-0.05, 0) is 42.4 Å². The Labute approximate surface area is 115 Å². The molecule has 0 heterocycles. The highest BCUT2D eigenvalue weighted by Gasteiger charge is 2.24. The van der Waals surface area contributed by atoms with Crippen LogP contribution in [-0.2, 0) is 0 Å². The van der Waals surface area contributed by atoms with Crippen molar-refractivity contribution in [3.8, 4) is 0 Å². The fraction of sp³-hybridized carbons (Fsp3) is 0.333. The first-order valence-electron chi connectivity index (χ1n) is 7.16. The molecule has 3 rings (SSSR count). The van der Waals surface area contributed by atoms with Gasteiger partial charge in [0.1, 0.15) is 0 Å². The molecule has 1 atom stereocenters. The highest BCUT2D eigenvalue weighted by atomic mass is 14.6. The molecule has 1 aliphatic rings. The number of benzene rings is 2. The van der Waals surface area contributed by atoms with E-state index >= 15 is 0 Å². The summed E-state index contributed by atoms with van der Waals surface area (Å²) in [6, 6.07) is 17.3. The molecule has 98 valence electrons. The zero-order chi connectivity index (χ0) is 13.2. The van der Waals surface area contributed by atoms with Gasteiger partial charge in [-0.1, -0.05) is 60.5 Å². The van der Waals surface area contributed by atoms with Gasteiger partial charge in [-0.3, -0.25) is 0 Å². The van der Waals surface area contributed by atoms with Gasteiger partial charge in [0.05, 0.1) is 6.04 Å². The Hall–Kier alpha value is -1.60. The SMILES string of the molecule is Cc1ccc(C(N)c2ccccc2C2CCC2)cc1. The van der Waals surface area contributed by atoms with E-state index in [4.69, 9.17) is 5.73 Å². The Morgan fingerprint density at radius 3 is 2.32 bits per heavy atom. The molecule has 0 aromatic heterocycles. The molecule has 2 aromatic carbocycles. The Bertz CT molecular complexity index is 552. The first kappa shape index (κ1) is 12.4. The van der Waals surface area contributed by atoms with Crippen LogP contribution in [0.25, 0.3) is 0 Å². The van der Waals surface area contributed by atoms with Crippen LogP contribution in [-0.4, -0.2) is 0 Å². The molecule has 2 N–H and O–H groups in total. The van der Waals surface area contributed by atoms with Gasteiger partial charge in [0.2, 0.25) is 0 Å². The van der Waals surface area contributed by atoms with Gasteiger partial charge in [-0.2, -0.15) is 0 Å². The zero-order valence-electron chi connectivity index (χ0n) is 11.5. The normalized spacial score (nSPS) is 16.9. The van der Waals surface area contributed by atoms with Crippen LogP contribution in [0.5, 0.6) is 0 Å². The van der Waals surface area contributed by atoms with Gasteiger partial charge < -0.3 is 5.73 Å². The molecule has 1 fully saturated rings. The highest BCUT2D eigenvalue weighted by molar-refractivity contribution is 5.40. The topological polar surface area (TPSA) is 26.0 Å². The molecule has 2 aromatic rings. The van der Waals surface area contributed by atoms with Crippen molar-refractivity contribution in [2.24, 2.45) is 5.73 Å². The number of nitrogens with two attached hydrogens (primary N) is 1. The van der Waals surface area contributed by atoms with Crippen molar-refractivity contribution in [3.63, 3.8) is 0 Å². The summed E-state index contributed by atoms with van der Waals surface area (Å²) in [6.07, 6.45) is 3.99. The van der Waals surface area contributed by atoms with E-state index in [2.05, 4.69) is 55.5 Å². The maximum absolute atomic E-state index is 6.48.